The highest BCUT2D eigenvalue weighted by molar-refractivity contribution is 5.81. The number of likely N-dealkylation sites (N-methyl/N-ethyl adjacent to an activating group) is 1. The Morgan fingerprint density at radius 1 is 1.29 bits per heavy atom. The summed E-state index contributed by atoms with van der Waals surface area (Å²) in [6.45, 7) is 1.71. The number of amides is 1. The zero-order valence-corrected chi connectivity index (χ0v) is 10.1. The number of nitrogens with zero attached hydrogens (tertiary/aromatic N) is 1. The number of hydrogen-bond donors (Lipinski definition) is 1. The van der Waals surface area contributed by atoms with Crippen molar-refractivity contribution in [3.8, 4) is 0 Å². The van der Waals surface area contributed by atoms with E-state index in [2.05, 4.69) is 0 Å². The third-order valence-corrected chi connectivity index (χ3v) is 2.65. The van der Waals surface area contributed by atoms with Gasteiger partial charge in [0.15, 0.2) is 0 Å². The van der Waals surface area contributed by atoms with E-state index in [1.165, 1.54) is 11.9 Å². The van der Waals surface area contributed by atoms with Crippen molar-refractivity contribution in [3.05, 3.63) is 35.9 Å². The van der Waals surface area contributed by atoms with Crippen LogP contribution in [0.15, 0.2) is 30.3 Å². The molecule has 0 spiro atoms. The number of carbonyl (C=O) groups excluding carboxylic acids is 1. The molecule has 1 rings (SSSR count). The zero-order chi connectivity index (χ0) is 12.8. The average molecular weight is 235 g/mol. The highest BCUT2D eigenvalue weighted by Gasteiger charge is 2.16. The van der Waals surface area contributed by atoms with Gasteiger partial charge < -0.3 is 10.0 Å². The molecule has 0 aliphatic heterocycles. The van der Waals surface area contributed by atoms with Gasteiger partial charge in [0.25, 0.3) is 0 Å². The summed E-state index contributed by atoms with van der Waals surface area (Å²) in [6, 6.07) is 9.72. The molecule has 1 atom stereocenters. The van der Waals surface area contributed by atoms with Crippen LogP contribution in [-0.2, 0) is 9.59 Å². The molecule has 0 aliphatic carbocycles. The lowest BCUT2D eigenvalue weighted by Crippen LogP contribution is -2.32. The fourth-order valence-electron chi connectivity index (χ4n) is 1.61. The number of carboxylic acid groups (broad SMARTS) is 1. The third-order valence-electron chi connectivity index (χ3n) is 2.65. The SMILES string of the molecule is CC(CC(=O)N(C)CC(=O)O)c1ccccc1. The van der Waals surface area contributed by atoms with Gasteiger partial charge in [-0.25, -0.2) is 0 Å². The van der Waals surface area contributed by atoms with Crippen molar-refractivity contribution < 1.29 is 14.7 Å². The summed E-state index contributed by atoms with van der Waals surface area (Å²) < 4.78 is 0. The van der Waals surface area contributed by atoms with Crippen molar-refractivity contribution in [2.75, 3.05) is 13.6 Å². The topological polar surface area (TPSA) is 57.6 Å². The van der Waals surface area contributed by atoms with Crippen molar-refractivity contribution in [1.29, 1.82) is 0 Å². The van der Waals surface area contributed by atoms with Crippen LogP contribution in [0.5, 0.6) is 0 Å². The number of hydrogen-bond acceptors (Lipinski definition) is 2. The van der Waals surface area contributed by atoms with Crippen LogP contribution in [-0.4, -0.2) is 35.5 Å². The van der Waals surface area contributed by atoms with E-state index in [0.717, 1.165) is 5.56 Å². The molecule has 0 saturated carbocycles. The van der Waals surface area contributed by atoms with E-state index in [4.69, 9.17) is 5.11 Å². The number of aliphatic carboxylic acids is 1. The van der Waals surface area contributed by atoms with E-state index < -0.39 is 5.97 Å². The van der Waals surface area contributed by atoms with Crippen molar-refractivity contribution in [2.24, 2.45) is 0 Å². The van der Waals surface area contributed by atoms with Crippen LogP contribution < -0.4 is 0 Å². The molecule has 0 aromatic heterocycles. The maximum atomic E-state index is 11.7. The van der Waals surface area contributed by atoms with Crippen LogP contribution in [0, 0.1) is 0 Å². The summed E-state index contributed by atoms with van der Waals surface area (Å²) in [6.07, 6.45) is 0.327. The maximum absolute atomic E-state index is 11.7. The molecule has 1 amide bonds. The first-order chi connectivity index (χ1) is 8.00. The Morgan fingerprint density at radius 3 is 2.41 bits per heavy atom. The lowest BCUT2D eigenvalue weighted by atomic mass is 9.97. The molecule has 92 valence electrons. The predicted molar refractivity (Wildman–Crippen MR) is 64.7 cm³/mol. The molecule has 1 aromatic rings. The van der Waals surface area contributed by atoms with Crippen molar-refractivity contribution >= 4 is 11.9 Å². The summed E-state index contributed by atoms with van der Waals surface area (Å²) >= 11 is 0. The summed E-state index contributed by atoms with van der Waals surface area (Å²) in [5.74, 6) is -1.04. The van der Waals surface area contributed by atoms with Crippen LogP contribution in [0.1, 0.15) is 24.8 Å². The first-order valence-corrected chi connectivity index (χ1v) is 5.51. The van der Waals surface area contributed by atoms with E-state index in [0.29, 0.717) is 6.42 Å². The average Bonchev–Trinajstić information content (AvgIpc) is 2.29. The zero-order valence-electron chi connectivity index (χ0n) is 10.1. The molecule has 0 aliphatic rings. The molecule has 4 heteroatoms. The summed E-state index contributed by atoms with van der Waals surface area (Å²) in [5, 5.41) is 8.59. The lowest BCUT2D eigenvalue weighted by Gasteiger charge is -2.17. The maximum Gasteiger partial charge on any atom is 0.323 e. The molecule has 1 N–H and O–H groups in total. The largest absolute Gasteiger partial charge is 0.480 e. The molecule has 0 heterocycles. The van der Waals surface area contributed by atoms with Gasteiger partial charge in [-0.05, 0) is 11.5 Å². The monoisotopic (exact) mass is 235 g/mol. The van der Waals surface area contributed by atoms with E-state index in [-0.39, 0.29) is 18.4 Å². The first-order valence-electron chi connectivity index (χ1n) is 5.51. The molecule has 0 saturated heterocycles. The molecule has 0 fully saturated rings. The fourth-order valence-corrected chi connectivity index (χ4v) is 1.61. The van der Waals surface area contributed by atoms with E-state index in [1.807, 2.05) is 37.3 Å². The van der Waals surface area contributed by atoms with Gasteiger partial charge in [-0.3, -0.25) is 9.59 Å². The molecule has 0 radical (unpaired) electrons. The number of benzene rings is 1. The number of carboxylic acids is 1. The second-order valence-corrected chi connectivity index (χ2v) is 4.16. The van der Waals surface area contributed by atoms with E-state index in [9.17, 15) is 9.59 Å². The van der Waals surface area contributed by atoms with Gasteiger partial charge in [0.05, 0.1) is 0 Å². The minimum Gasteiger partial charge on any atom is -0.480 e. The van der Waals surface area contributed by atoms with Gasteiger partial charge in [0.1, 0.15) is 6.54 Å². The number of rotatable bonds is 5. The van der Waals surface area contributed by atoms with Gasteiger partial charge in [0, 0.05) is 13.5 Å². The lowest BCUT2D eigenvalue weighted by molar-refractivity contribution is -0.143. The van der Waals surface area contributed by atoms with Gasteiger partial charge in [-0.1, -0.05) is 37.3 Å². The Hall–Kier alpha value is -1.84. The molecule has 1 aromatic carbocycles. The van der Waals surface area contributed by atoms with Gasteiger partial charge in [-0.15, -0.1) is 0 Å². The van der Waals surface area contributed by atoms with Crippen LogP contribution >= 0.6 is 0 Å². The minimum atomic E-state index is -0.992. The first kappa shape index (κ1) is 13.2. The second-order valence-electron chi connectivity index (χ2n) is 4.16. The Bertz CT molecular complexity index is 389. The Morgan fingerprint density at radius 2 is 1.88 bits per heavy atom. The second kappa shape index (κ2) is 6.03. The Labute approximate surface area is 101 Å². The Kier molecular flexibility index (Phi) is 4.69. The van der Waals surface area contributed by atoms with Crippen molar-refractivity contribution in [2.45, 2.75) is 19.3 Å². The number of carbonyl (C=O) groups is 2. The predicted octanol–water partition coefficient (Wildman–Crippen LogP) is 1.72. The molecular weight excluding hydrogens is 218 g/mol. The van der Waals surface area contributed by atoms with Crippen LogP contribution in [0.2, 0.25) is 0 Å². The molecule has 1 unspecified atom stereocenters. The summed E-state index contributed by atoms with van der Waals surface area (Å²) in [7, 11) is 1.51. The van der Waals surface area contributed by atoms with E-state index >= 15 is 0 Å². The van der Waals surface area contributed by atoms with Crippen molar-refractivity contribution in [3.63, 3.8) is 0 Å². The van der Waals surface area contributed by atoms with Gasteiger partial charge in [0.2, 0.25) is 5.91 Å². The smallest absolute Gasteiger partial charge is 0.323 e. The molecule has 0 bridgehead atoms. The van der Waals surface area contributed by atoms with Gasteiger partial charge in [-0.2, -0.15) is 0 Å². The quantitative estimate of drug-likeness (QED) is 0.845. The highest BCUT2D eigenvalue weighted by atomic mass is 16.4. The van der Waals surface area contributed by atoms with Crippen molar-refractivity contribution in [1.82, 2.24) is 4.90 Å². The van der Waals surface area contributed by atoms with Gasteiger partial charge >= 0.3 is 5.97 Å². The Balaban J connectivity index is 2.54. The summed E-state index contributed by atoms with van der Waals surface area (Å²) in [4.78, 5) is 23.4. The summed E-state index contributed by atoms with van der Waals surface area (Å²) in [5.41, 5.74) is 1.09. The molecular formula is C13H17NO3. The highest BCUT2D eigenvalue weighted by Crippen LogP contribution is 2.19. The van der Waals surface area contributed by atoms with Crippen LogP contribution in [0.3, 0.4) is 0 Å². The third kappa shape index (κ3) is 4.26. The van der Waals surface area contributed by atoms with E-state index in [1.54, 1.807) is 0 Å². The van der Waals surface area contributed by atoms with Crippen LogP contribution in [0.4, 0.5) is 0 Å². The minimum absolute atomic E-state index is 0.0972. The van der Waals surface area contributed by atoms with Crippen LogP contribution in [0.25, 0.3) is 0 Å². The standard InChI is InChI=1S/C13H17NO3/c1-10(11-6-4-3-5-7-11)8-12(15)14(2)9-13(16)17/h3-7,10H,8-9H2,1-2H3,(H,16,17). The normalized spacial score (nSPS) is 11.9. The fraction of sp³-hybridized carbons (Fsp3) is 0.385. The molecule has 4 nitrogen and oxygen atoms in total. The molecule has 17 heavy (non-hydrogen) atoms.